The van der Waals surface area contributed by atoms with Crippen molar-refractivity contribution in [1.29, 1.82) is 5.26 Å². The van der Waals surface area contributed by atoms with E-state index in [9.17, 15) is 14.7 Å². The molecule has 2 N–H and O–H groups in total. The molecule has 1 amide bonds. The highest BCUT2D eigenvalue weighted by molar-refractivity contribution is 5.95. The van der Waals surface area contributed by atoms with Crippen molar-refractivity contribution < 1.29 is 24.2 Å². The van der Waals surface area contributed by atoms with Gasteiger partial charge in [-0.1, -0.05) is 39.0 Å². The van der Waals surface area contributed by atoms with Crippen LogP contribution < -0.4 is 14.9 Å². The van der Waals surface area contributed by atoms with E-state index in [2.05, 4.69) is 17.5 Å². The highest BCUT2D eigenvalue weighted by Crippen LogP contribution is 2.23. The number of unbranched alkanes of at least 4 members (excludes halogenated alkanes) is 5. The maximum absolute atomic E-state index is 12.5. The van der Waals surface area contributed by atoms with Crippen molar-refractivity contribution in [3.05, 3.63) is 89.0 Å². The fourth-order valence-corrected chi connectivity index (χ4v) is 3.54. The molecule has 0 saturated carbocycles. The summed E-state index contributed by atoms with van der Waals surface area (Å²) in [6.45, 7) is 2.84. The molecule has 0 heterocycles. The maximum atomic E-state index is 12.5. The quantitative estimate of drug-likeness (QED) is 0.0952. The zero-order chi connectivity index (χ0) is 27.2. The first-order valence-electron chi connectivity index (χ1n) is 12.6. The molecule has 3 aromatic carbocycles. The highest BCUT2D eigenvalue weighted by Gasteiger charge is 2.11. The molecule has 0 saturated heterocycles. The SMILES string of the molecule is CCCCCCCCOc1ccc(C(=O)Oc2ccc(/C=N/NC(=O)c3ccc(C#N)cc3)c(O)c2)cc1. The van der Waals surface area contributed by atoms with E-state index in [0.29, 0.717) is 34.6 Å². The molecular formula is C30H31N3O5. The molecule has 3 aromatic rings. The third kappa shape index (κ3) is 8.79. The lowest BCUT2D eigenvalue weighted by molar-refractivity contribution is 0.0734. The zero-order valence-corrected chi connectivity index (χ0v) is 21.4. The van der Waals surface area contributed by atoms with Crippen LogP contribution in [0, 0.1) is 11.3 Å². The second kappa shape index (κ2) is 14.8. The van der Waals surface area contributed by atoms with Crippen LogP contribution in [0.4, 0.5) is 0 Å². The van der Waals surface area contributed by atoms with Crippen LogP contribution in [-0.2, 0) is 0 Å². The van der Waals surface area contributed by atoms with Gasteiger partial charge in [0.1, 0.15) is 17.2 Å². The monoisotopic (exact) mass is 513 g/mol. The van der Waals surface area contributed by atoms with Gasteiger partial charge in [-0.15, -0.1) is 0 Å². The van der Waals surface area contributed by atoms with Crippen LogP contribution in [-0.4, -0.2) is 29.8 Å². The summed E-state index contributed by atoms with van der Waals surface area (Å²) in [5.41, 5.74) is 3.81. The van der Waals surface area contributed by atoms with Crippen molar-refractivity contribution in [3.63, 3.8) is 0 Å². The molecule has 0 fully saturated rings. The molecule has 0 atom stereocenters. The van der Waals surface area contributed by atoms with E-state index >= 15 is 0 Å². The molecule has 196 valence electrons. The Morgan fingerprint density at radius 2 is 1.58 bits per heavy atom. The number of benzene rings is 3. The first kappa shape index (κ1) is 27.9. The highest BCUT2D eigenvalue weighted by atomic mass is 16.5. The second-order valence-electron chi connectivity index (χ2n) is 8.64. The number of rotatable bonds is 13. The van der Waals surface area contributed by atoms with Crippen molar-refractivity contribution in [1.82, 2.24) is 5.43 Å². The number of aromatic hydroxyl groups is 1. The number of amides is 1. The van der Waals surface area contributed by atoms with E-state index in [1.807, 2.05) is 6.07 Å². The molecule has 8 nitrogen and oxygen atoms in total. The minimum absolute atomic E-state index is 0.162. The number of nitrogens with zero attached hydrogens (tertiary/aromatic N) is 2. The molecule has 0 aliphatic rings. The van der Waals surface area contributed by atoms with Gasteiger partial charge < -0.3 is 14.6 Å². The van der Waals surface area contributed by atoms with Gasteiger partial charge in [0.15, 0.2) is 0 Å². The van der Waals surface area contributed by atoms with Crippen molar-refractivity contribution in [3.8, 4) is 23.3 Å². The molecule has 8 heteroatoms. The van der Waals surface area contributed by atoms with Gasteiger partial charge in [-0.05, 0) is 67.1 Å². The van der Waals surface area contributed by atoms with Gasteiger partial charge in [0.25, 0.3) is 5.91 Å². The normalized spacial score (nSPS) is 10.6. The summed E-state index contributed by atoms with van der Waals surface area (Å²) < 4.78 is 11.1. The zero-order valence-electron chi connectivity index (χ0n) is 21.4. The Hall–Kier alpha value is -4.64. The van der Waals surface area contributed by atoms with Crippen molar-refractivity contribution in [2.75, 3.05) is 6.61 Å². The lowest BCUT2D eigenvalue weighted by Gasteiger charge is -2.08. The molecule has 0 aliphatic carbocycles. The molecule has 0 radical (unpaired) electrons. The van der Waals surface area contributed by atoms with Crippen LogP contribution in [0.1, 0.15) is 77.3 Å². The van der Waals surface area contributed by atoms with Crippen molar-refractivity contribution >= 4 is 18.1 Å². The minimum atomic E-state index is -0.567. The average Bonchev–Trinajstić information content (AvgIpc) is 2.94. The standard InChI is InChI=1S/C30H31N3O5/c1-2-3-4-5-6-7-18-37-26-15-12-24(13-16-26)30(36)38-27-17-14-25(28(34)19-27)21-32-33-29(35)23-10-8-22(20-31)9-11-23/h8-17,19,21,34H,2-7,18H2,1H3,(H,33,35)/b32-21+. The first-order valence-corrected chi connectivity index (χ1v) is 12.6. The Kier molecular flexibility index (Phi) is 10.9. The molecule has 0 unspecified atom stereocenters. The van der Waals surface area contributed by atoms with Crippen LogP contribution in [0.2, 0.25) is 0 Å². The summed E-state index contributed by atoms with van der Waals surface area (Å²) in [5, 5.41) is 22.9. The summed E-state index contributed by atoms with van der Waals surface area (Å²) in [7, 11) is 0. The predicted octanol–water partition coefficient (Wildman–Crippen LogP) is 5.99. The van der Waals surface area contributed by atoms with E-state index in [1.165, 1.54) is 74.4 Å². The molecule has 38 heavy (non-hydrogen) atoms. The van der Waals surface area contributed by atoms with E-state index in [0.717, 1.165) is 12.8 Å². The Bertz CT molecular complexity index is 1280. The topological polar surface area (TPSA) is 121 Å². The van der Waals surface area contributed by atoms with Crippen LogP contribution in [0.3, 0.4) is 0 Å². The molecular weight excluding hydrogens is 482 g/mol. The number of nitrogens with one attached hydrogen (secondary N) is 1. The molecule has 0 spiro atoms. The van der Waals surface area contributed by atoms with Gasteiger partial charge in [-0.2, -0.15) is 10.4 Å². The average molecular weight is 514 g/mol. The van der Waals surface area contributed by atoms with Gasteiger partial charge in [0.05, 0.1) is 30.0 Å². The number of esters is 1. The minimum Gasteiger partial charge on any atom is -0.507 e. The van der Waals surface area contributed by atoms with Crippen LogP contribution in [0.25, 0.3) is 0 Å². The first-order chi connectivity index (χ1) is 18.5. The summed E-state index contributed by atoms with van der Waals surface area (Å²) in [4.78, 5) is 24.6. The molecule has 3 rings (SSSR count). The lowest BCUT2D eigenvalue weighted by atomic mass is 10.1. The smallest absolute Gasteiger partial charge is 0.343 e. The van der Waals surface area contributed by atoms with Crippen LogP contribution >= 0.6 is 0 Å². The summed E-state index contributed by atoms with van der Waals surface area (Å²) in [6.07, 6.45) is 8.42. The van der Waals surface area contributed by atoms with Gasteiger partial charge in [0.2, 0.25) is 0 Å². The Morgan fingerprint density at radius 1 is 0.921 bits per heavy atom. The molecule has 0 bridgehead atoms. The number of nitriles is 1. The fraction of sp³-hybridized carbons (Fsp3) is 0.267. The summed E-state index contributed by atoms with van der Waals surface area (Å²) >= 11 is 0. The number of hydrogen-bond donors (Lipinski definition) is 2. The van der Waals surface area contributed by atoms with Crippen LogP contribution in [0.5, 0.6) is 17.2 Å². The van der Waals surface area contributed by atoms with E-state index in [4.69, 9.17) is 14.7 Å². The van der Waals surface area contributed by atoms with Gasteiger partial charge in [-0.25, -0.2) is 10.2 Å². The summed E-state index contributed by atoms with van der Waals surface area (Å²) in [6, 6.07) is 19.1. The van der Waals surface area contributed by atoms with Gasteiger partial charge in [-0.3, -0.25) is 4.79 Å². The third-order valence-corrected chi connectivity index (χ3v) is 5.72. The number of phenols is 1. The predicted molar refractivity (Wildman–Crippen MR) is 145 cm³/mol. The van der Waals surface area contributed by atoms with Gasteiger partial charge >= 0.3 is 5.97 Å². The Labute approximate surface area is 222 Å². The van der Waals surface area contributed by atoms with Crippen molar-refractivity contribution in [2.24, 2.45) is 5.10 Å². The third-order valence-electron chi connectivity index (χ3n) is 5.72. The number of hydrogen-bond acceptors (Lipinski definition) is 7. The molecule has 0 aromatic heterocycles. The van der Waals surface area contributed by atoms with Crippen LogP contribution in [0.15, 0.2) is 71.8 Å². The fourth-order valence-electron chi connectivity index (χ4n) is 3.54. The number of ether oxygens (including phenoxy) is 2. The summed E-state index contributed by atoms with van der Waals surface area (Å²) in [5.74, 6) is -0.347. The van der Waals surface area contributed by atoms with E-state index in [-0.39, 0.29) is 11.5 Å². The number of hydrazone groups is 1. The number of carbonyl (C=O) groups excluding carboxylic acids is 2. The molecule has 0 aliphatic heterocycles. The van der Waals surface area contributed by atoms with E-state index in [1.54, 1.807) is 24.3 Å². The largest absolute Gasteiger partial charge is 0.507 e. The second-order valence-corrected chi connectivity index (χ2v) is 8.64. The van der Waals surface area contributed by atoms with E-state index < -0.39 is 11.9 Å². The number of phenolic OH excluding ortho intramolecular Hbond substituents is 1. The van der Waals surface area contributed by atoms with Crippen molar-refractivity contribution in [2.45, 2.75) is 45.4 Å². The van der Waals surface area contributed by atoms with Gasteiger partial charge in [0, 0.05) is 17.2 Å². The Balaban J connectivity index is 1.47. The Morgan fingerprint density at radius 3 is 2.26 bits per heavy atom. The number of carbonyl (C=O) groups is 2. The maximum Gasteiger partial charge on any atom is 0.343 e. The lowest BCUT2D eigenvalue weighted by Crippen LogP contribution is -2.17.